The van der Waals surface area contributed by atoms with Gasteiger partial charge in [-0.15, -0.1) is 11.3 Å². The van der Waals surface area contributed by atoms with Crippen molar-refractivity contribution in [3.8, 4) is 0 Å². The van der Waals surface area contributed by atoms with Crippen LogP contribution in [0.2, 0.25) is 5.02 Å². The van der Waals surface area contributed by atoms with Gasteiger partial charge in [-0.25, -0.2) is 9.80 Å². The maximum absolute atomic E-state index is 13.2. The second-order valence-electron chi connectivity index (χ2n) is 6.78. The minimum atomic E-state index is -0.299. The predicted octanol–water partition coefficient (Wildman–Crippen LogP) is 3.76. The Morgan fingerprint density at radius 1 is 1.33 bits per heavy atom. The summed E-state index contributed by atoms with van der Waals surface area (Å²) in [6, 6.07) is 10.9. The number of halogens is 1. The number of carbonyl (C=O) groups excluding carboxylic acids is 2. The van der Waals surface area contributed by atoms with Crippen LogP contribution in [-0.4, -0.2) is 60.9 Å². The van der Waals surface area contributed by atoms with Gasteiger partial charge in [0.15, 0.2) is 0 Å². The van der Waals surface area contributed by atoms with Crippen molar-refractivity contribution in [2.75, 3.05) is 33.4 Å². The molecule has 1 aromatic heterocycles. The number of nitrogens with zero attached hydrogens (tertiary/aromatic N) is 3. The number of hydrogen-bond acceptors (Lipinski definition) is 5. The summed E-state index contributed by atoms with van der Waals surface area (Å²) in [6.07, 6.45) is 0.604. The highest BCUT2D eigenvalue weighted by atomic mass is 35.5. The molecule has 1 N–H and O–H groups in total. The van der Waals surface area contributed by atoms with Crippen molar-refractivity contribution in [1.29, 1.82) is 0 Å². The summed E-state index contributed by atoms with van der Waals surface area (Å²) in [5.74, 6) is -0.246. The van der Waals surface area contributed by atoms with E-state index in [1.165, 1.54) is 9.91 Å². The SMILES string of the molecule is CCNC(=O)N(CCOC)CC(=O)N1N=C(c2cccs2)C[C@@H]1c1ccc(Cl)cc1. The molecular weight excluding hydrogens is 424 g/mol. The monoisotopic (exact) mass is 448 g/mol. The summed E-state index contributed by atoms with van der Waals surface area (Å²) in [7, 11) is 1.56. The quantitative estimate of drug-likeness (QED) is 0.668. The molecule has 3 amide bonds. The van der Waals surface area contributed by atoms with E-state index in [2.05, 4.69) is 10.4 Å². The number of carbonyl (C=O) groups is 2. The minimum Gasteiger partial charge on any atom is -0.383 e. The van der Waals surface area contributed by atoms with Crippen LogP contribution in [0.15, 0.2) is 46.9 Å². The van der Waals surface area contributed by atoms with Crippen molar-refractivity contribution < 1.29 is 14.3 Å². The van der Waals surface area contributed by atoms with Crippen molar-refractivity contribution in [2.45, 2.75) is 19.4 Å². The third kappa shape index (κ3) is 5.38. The predicted molar refractivity (Wildman–Crippen MR) is 119 cm³/mol. The normalized spacial score (nSPS) is 15.8. The Morgan fingerprint density at radius 3 is 2.73 bits per heavy atom. The molecule has 0 aliphatic carbocycles. The van der Waals surface area contributed by atoms with E-state index >= 15 is 0 Å². The van der Waals surface area contributed by atoms with Crippen LogP contribution in [-0.2, 0) is 9.53 Å². The summed E-state index contributed by atoms with van der Waals surface area (Å²) < 4.78 is 5.09. The van der Waals surface area contributed by atoms with E-state index in [-0.39, 0.29) is 24.5 Å². The summed E-state index contributed by atoms with van der Waals surface area (Å²) in [5.41, 5.74) is 1.81. The molecule has 0 fully saturated rings. The zero-order valence-corrected chi connectivity index (χ0v) is 18.6. The fourth-order valence-corrected chi connectivity index (χ4v) is 4.08. The number of urea groups is 1. The number of ether oxygens (including phenoxy) is 1. The van der Waals surface area contributed by atoms with Crippen LogP contribution in [0.25, 0.3) is 0 Å². The van der Waals surface area contributed by atoms with Crippen LogP contribution in [0.3, 0.4) is 0 Å². The maximum atomic E-state index is 13.2. The molecule has 0 spiro atoms. The topological polar surface area (TPSA) is 74.2 Å². The first-order chi connectivity index (χ1) is 14.5. The highest BCUT2D eigenvalue weighted by Gasteiger charge is 2.34. The molecule has 0 saturated heterocycles. The largest absolute Gasteiger partial charge is 0.383 e. The molecule has 0 radical (unpaired) electrons. The Balaban J connectivity index is 1.84. The van der Waals surface area contributed by atoms with E-state index in [4.69, 9.17) is 16.3 Å². The molecule has 2 aromatic rings. The van der Waals surface area contributed by atoms with Gasteiger partial charge in [-0.3, -0.25) is 4.79 Å². The number of thiophene rings is 1. The molecule has 1 aliphatic rings. The summed E-state index contributed by atoms with van der Waals surface area (Å²) in [6.45, 7) is 2.89. The number of nitrogens with one attached hydrogen (secondary N) is 1. The number of methoxy groups -OCH3 is 1. The molecule has 7 nitrogen and oxygen atoms in total. The number of hydrazone groups is 1. The lowest BCUT2D eigenvalue weighted by atomic mass is 10.0. The summed E-state index contributed by atoms with van der Waals surface area (Å²) in [5, 5.41) is 11.5. The van der Waals surface area contributed by atoms with E-state index in [0.717, 1.165) is 16.2 Å². The van der Waals surface area contributed by atoms with Gasteiger partial charge in [-0.05, 0) is 36.1 Å². The Hall–Kier alpha value is -2.42. The maximum Gasteiger partial charge on any atom is 0.317 e. The lowest BCUT2D eigenvalue weighted by molar-refractivity contribution is -0.133. The Morgan fingerprint density at radius 2 is 2.10 bits per heavy atom. The van der Waals surface area contributed by atoms with Crippen LogP contribution in [0.5, 0.6) is 0 Å². The first kappa shape index (κ1) is 22.3. The average molecular weight is 449 g/mol. The molecule has 0 bridgehead atoms. The van der Waals surface area contributed by atoms with Crippen molar-refractivity contribution in [3.63, 3.8) is 0 Å². The Kier molecular flexibility index (Phi) is 7.84. The van der Waals surface area contributed by atoms with E-state index < -0.39 is 0 Å². The van der Waals surface area contributed by atoms with Crippen molar-refractivity contribution in [2.24, 2.45) is 5.10 Å². The highest BCUT2D eigenvalue weighted by molar-refractivity contribution is 7.12. The molecular formula is C21H25ClN4O3S. The number of rotatable bonds is 8. The first-order valence-electron chi connectivity index (χ1n) is 9.74. The molecule has 3 rings (SSSR count). The van der Waals surface area contributed by atoms with Crippen molar-refractivity contribution in [1.82, 2.24) is 15.2 Å². The fraction of sp³-hybridized carbons (Fsp3) is 0.381. The smallest absolute Gasteiger partial charge is 0.317 e. The molecule has 1 aliphatic heterocycles. The molecule has 9 heteroatoms. The average Bonchev–Trinajstić information content (AvgIpc) is 3.41. The molecule has 2 heterocycles. The summed E-state index contributed by atoms with van der Waals surface area (Å²) >= 11 is 7.63. The highest BCUT2D eigenvalue weighted by Crippen LogP contribution is 2.34. The zero-order valence-electron chi connectivity index (χ0n) is 17.0. The molecule has 0 saturated carbocycles. The first-order valence-corrected chi connectivity index (χ1v) is 11.0. The van der Waals surface area contributed by atoms with Gasteiger partial charge in [0.25, 0.3) is 5.91 Å². The Labute approximate surface area is 185 Å². The molecule has 160 valence electrons. The second kappa shape index (κ2) is 10.6. The van der Waals surface area contributed by atoms with Crippen LogP contribution < -0.4 is 5.32 Å². The van der Waals surface area contributed by atoms with Crippen molar-refractivity contribution in [3.05, 3.63) is 57.2 Å². The minimum absolute atomic E-state index is 0.0828. The van der Waals surface area contributed by atoms with Gasteiger partial charge in [0.1, 0.15) is 6.54 Å². The number of amides is 3. The van der Waals surface area contributed by atoms with Crippen LogP contribution in [0.4, 0.5) is 4.79 Å². The van der Waals surface area contributed by atoms with E-state index in [1.54, 1.807) is 18.4 Å². The lowest BCUT2D eigenvalue weighted by Gasteiger charge is -2.27. The number of benzene rings is 1. The van der Waals surface area contributed by atoms with Gasteiger partial charge in [0.2, 0.25) is 0 Å². The molecule has 0 unspecified atom stereocenters. The third-order valence-corrected chi connectivity index (χ3v) is 5.90. The van der Waals surface area contributed by atoms with Crippen LogP contribution >= 0.6 is 22.9 Å². The van der Waals surface area contributed by atoms with Crippen LogP contribution in [0.1, 0.15) is 29.8 Å². The standard InChI is InChI=1S/C21H25ClN4O3S/c1-3-23-21(28)25(10-11-29-2)14-20(27)26-18(15-6-8-16(22)9-7-15)13-17(24-26)19-5-4-12-30-19/h4-9,12,18H,3,10-11,13-14H2,1-2H3,(H,23,28)/t18-/m1/s1. The van der Waals surface area contributed by atoms with Gasteiger partial charge in [-0.1, -0.05) is 29.8 Å². The third-order valence-electron chi connectivity index (χ3n) is 4.73. The molecule has 30 heavy (non-hydrogen) atoms. The van der Waals surface area contributed by atoms with Gasteiger partial charge in [0, 0.05) is 31.6 Å². The second-order valence-corrected chi connectivity index (χ2v) is 8.17. The summed E-state index contributed by atoms with van der Waals surface area (Å²) in [4.78, 5) is 28.1. The lowest BCUT2D eigenvalue weighted by Crippen LogP contribution is -2.47. The molecule has 1 aromatic carbocycles. The van der Waals surface area contributed by atoms with E-state index in [1.807, 2.05) is 48.7 Å². The van der Waals surface area contributed by atoms with Gasteiger partial charge < -0.3 is 15.0 Å². The number of hydrogen-bond donors (Lipinski definition) is 1. The zero-order chi connectivity index (χ0) is 21.5. The van der Waals surface area contributed by atoms with Gasteiger partial charge in [-0.2, -0.15) is 5.10 Å². The van der Waals surface area contributed by atoms with Gasteiger partial charge in [0.05, 0.1) is 23.2 Å². The van der Waals surface area contributed by atoms with E-state index in [0.29, 0.717) is 31.1 Å². The van der Waals surface area contributed by atoms with Gasteiger partial charge >= 0.3 is 6.03 Å². The van der Waals surface area contributed by atoms with E-state index in [9.17, 15) is 9.59 Å². The van der Waals surface area contributed by atoms with Crippen LogP contribution in [0, 0.1) is 0 Å². The fourth-order valence-electron chi connectivity index (χ4n) is 3.23. The van der Waals surface area contributed by atoms with Crippen molar-refractivity contribution >= 4 is 40.6 Å². The molecule has 1 atom stereocenters. The Bertz CT molecular complexity index is 886.